The molecular formula is C13H24N2O2S3. The van der Waals surface area contributed by atoms with Crippen molar-refractivity contribution in [3.63, 3.8) is 0 Å². The van der Waals surface area contributed by atoms with E-state index in [-0.39, 0.29) is 5.25 Å². The third kappa shape index (κ3) is 5.37. The molecule has 0 spiro atoms. The summed E-state index contributed by atoms with van der Waals surface area (Å²) in [6, 6.07) is 1.79. The van der Waals surface area contributed by atoms with Gasteiger partial charge in [0.05, 0.1) is 4.90 Å². The molecule has 2 N–H and O–H groups in total. The van der Waals surface area contributed by atoms with Crippen LogP contribution in [-0.4, -0.2) is 33.0 Å². The summed E-state index contributed by atoms with van der Waals surface area (Å²) in [5.74, 6) is 0. The van der Waals surface area contributed by atoms with Crippen LogP contribution in [0.15, 0.2) is 11.0 Å². The molecule has 0 bridgehead atoms. The van der Waals surface area contributed by atoms with Crippen LogP contribution in [0.5, 0.6) is 0 Å². The lowest BCUT2D eigenvalue weighted by molar-refractivity contribution is 0.581. The molecule has 0 fully saturated rings. The van der Waals surface area contributed by atoms with Gasteiger partial charge in [0.25, 0.3) is 0 Å². The molecular weight excluding hydrogens is 312 g/mol. The average Bonchev–Trinajstić information content (AvgIpc) is 2.78. The van der Waals surface area contributed by atoms with Crippen molar-refractivity contribution in [1.29, 1.82) is 0 Å². The van der Waals surface area contributed by atoms with E-state index in [2.05, 4.69) is 17.0 Å². The first-order chi connectivity index (χ1) is 9.40. The SMILES string of the molecule is CCCNCc1cc(S(=O)(=O)NCC(C)SC)c(C)s1. The van der Waals surface area contributed by atoms with Gasteiger partial charge in [-0.2, -0.15) is 11.8 Å². The van der Waals surface area contributed by atoms with E-state index in [0.29, 0.717) is 11.4 Å². The second kappa shape index (κ2) is 8.38. The van der Waals surface area contributed by atoms with E-state index in [0.717, 1.165) is 29.3 Å². The van der Waals surface area contributed by atoms with Gasteiger partial charge in [-0.1, -0.05) is 13.8 Å². The second-order valence-corrected chi connectivity index (χ2v) is 9.06. The van der Waals surface area contributed by atoms with Crippen molar-refractivity contribution in [2.45, 2.75) is 43.9 Å². The second-order valence-electron chi connectivity index (χ2n) is 4.71. The normalized spacial score (nSPS) is 13.6. The van der Waals surface area contributed by atoms with Crippen LogP contribution >= 0.6 is 23.1 Å². The van der Waals surface area contributed by atoms with Crippen LogP contribution in [-0.2, 0) is 16.6 Å². The first kappa shape index (κ1) is 18.0. The number of thioether (sulfide) groups is 1. The highest BCUT2D eigenvalue weighted by atomic mass is 32.2. The van der Waals surface area contributed by atoms with Crippen LogP contribution in [0.1, 0.15) is 30.0 Å². The summed E-state index contributed by atoms with van der Waals surface area (Å²) < 4.78 is 27.3. The maximum absolute atomic E-state index is 12.3. The van der Waals surface area contributed by atoms with Crippen molar-refractivity contribution in [2.24, 2.45) is 0 Å². The summed E-state index contributed by atoms with van der Waals surface area (Å²) in [4.78, 5) is 2.33. The van der Waals surface area contributed by atoms with E-state index < -0.39 is 10.0 Å². The fourth-order valence-corrected chi connectivity index (χ4v) is 4.74. The molecule has 7 heteroatoms. The zero-order valence-corrected chi connectivity index (χ0v) is 15.0. The standard InChI is InChI=1S/C13H24N2O2S3/c1-5-6-14-9-12-7-13(11(3)19-12)20(16,17)15-8-10(2)18-4/h7,10,14-15H,5-6,8-9H2,1-4H3. The quantitative estimate of drug-likeness (QED) is 0.681. The van der Waals surface area contributed by atoms with Crippen LogP contribution in [0.3, 0.4) is 0 Å². The van der Waals surface area contributed by atoms with Crippen molar-refractivity contribution < 1.29 is 8.42 Å². The summed E-state index contributed by atoms with van der Waals surface area (Å²) in [5.41, 5.74) is 0. The van der Waals surface area contributed by atoms with Crippen LogP contribution in [0.4, 0.5) is 0 Å². The van der Waals surface area contributed by atoms with Gasteiger partial charge in [-0.25, -0.2) is 13.1 Å². The Morgan fingerprint density at radius 3 is 2.75 bits per heavy atom. The maximum atomic E-state index is 12.3. The molecule has 0 aliphatic carbocycles. The molecule has 1 atom stereocenters. The average molecular weight is 337 g/mol. The van der Waals surface area contributed by atoms with Gasteiger partial charge in [-0.3, -0.25) is 0 Å². The summed E-state index contributed by atoms with van der Waals surface area (Å²) >= 11 is 3.19. The Morgan fingerprint density at radius 1 is 1.45 bits per heavy atom. The molecule has 1 heterocycles. The molecule has 1 aromatic rings. The lowest BCUT2D eigenvalue weighted by Gasteiger charge is -2.10. The fourth-order valence-electron chi connectivity index (χ4n) is 1.65. The Balaban J connectivity index is 2.74. The number of rotatable bonds is 9. The summed E-state index contributed by atoms with van der Waals surface area (Å²) in [6.45, 7) is 8.12. The van der Waals surface area contributed by atoms with E-state index in [9.17, 15) is 8.42 Å². The number of nitrogens with one attached hydrogen (secondary N) is 2. The Bertz CT molecular complexity index is 512. The highest BCUT2D eigenvalue weighted by Gasteiger charge is 2.20. The van der Waals surface area contributed by atoms with Crippen molar-refractivity contribution in [2.75, 3.05) is 19.3 Å². The minimum absolute atomic E-state index is 0.273. The zero-order chi connectivity index (χ0) is 15.2. The minimum atomic E-state index is -3.39. The zero-order valence-electron chi connectivity index (χ0n) is 12.5. The van der Waals surface area contributed by atoms with Gasteiger partial charge >= 0.3 is 0 Å². The first-order valence-corrected chi connectivity index (χ1v) is 10.3. The number of thiophene rings is 1. The highest BCUT2D eigenvalue weighted by Crippen LogP contribution is 2.25. The molecule has 0 aliphatic rings. The molecule has 0 saturated carbocycles. The van der Waals surface area contributed by atoms with Crippen molar-refractivity contribution in [1.82, 2.24) is 10.0 Å². The molecule has 1 aromatic heterocycles. The smallest absolute Gasteiger partial charge is 0.241 e. The number of sulfonamides is 1. The summed E-state index contributed by atoms with van der Waals surface area (Å²) in [5, 5.41) is 3.57. The summed E-state index contributed by atoms with van der Waals surface area (Å²) in [6.07, 6.45) is 3.05. The monoisotopic (exact) mass is 336 g/mol. The molecule has 116 valence electrons. The van der Waals surface area contributed by atoms with E-state index in [1.807, 2.05) is 20.1 Å². The van der Waals surface area contributed by atoms with Crippen LogP contribution < -0.4 is 10.0 Å². The third-order valence-corrected chi connectivity index (χ3v) is 6.60. The van der Waals surface area contributed by atoms with Crippen LogP contribution in [0, 0.1) is 6.92 Å². The van der Waals surface area contributed by atoms with Gasteiger partial charge in [0.2, 0.25) is 10.0 Å². The van der Waals surface area contributed by atoms with Crippen LogP contribution in [0.25, 0.3) is 0 Å². The lowest BCUT2D eigenvalue weighted by Crippen LogP contribution is -2.29. The van der Waals surface area contributed by atoms with Crippen molar-refractivity contribution >= 4 is 33.1 Å². The van der Waals surface area contributed by atoms with Gasteiger partial charge in [0, 0.05) is 28.1 Å². The van der Waals surface area contributed by atoms with E-state index in [4.69, 9.17) is 0 Å². The minimum Gasteiger partial charge on any atom is -0.312 e. The predicted molar refractivity (Wildman–Crippen MR) is 89.2 cm³/mol. The fraction of sp³-hybridized carbons (Fsp3) is 0.692. The molecule has 0 amide bonds. The molecule has 0 aromatic carbocycles. The van der Waals surface area contributed by atoms with Gasteiger partial charge < -0.3 is 5.32 Å². The molecule has 0 aliphatic heterocycles. The summed E-state index contributed by atoms with van der Waals surface area (Å²) in [7, 11) is -3.39. The Labute approximate surface area is 130 Å². The molecule has 1 unspecified atom stereocenters. The third-order valence-electron chi connectivity index (χ3n) is 2.90. The van der Waals surface area contributed by atoms with E-state index >= 15 is 0 Å². The number of hydrogen-bond acceptors (Lipinski definition) is 5. The molecule has 20 heavy (non-hydrogen) atoms. The van der Waals surface area contributed by atoms with Gasteiger partial charge in [-0.05, 0) is 32.2 Å². The van der Waals surface area contributed by atoms with E-state index in [1.54, 1.807) is 29.2 Å². The van der Waals surface area contributed by atoms with Crippen LogP contribution in [0.2, 0.25) is 0 Å². The molecule has 0 radical (unpaired) electrons. The maximum Gasteiger partial charge on any atom is 0.241 e. The van der Waals surface area contributed by atoms with Crippen molar-refractivity contribution in [3.05, 3.63) is 15.8 Å². The number of hydrogen-bond donors (Lipinski definition) is 2. The van der Waals surface area contributed by atoms with Gasteiger partial charge in [0.1, 0.15) is 0 Å². The topological polar surface area (TPSA) is 58.2 Å². The predicted octanol–water partition coefficient (Wildman–Crippen LogP) is 2.59. The first-order valence-electron chi connectivity index (χ1n) is 6.73. The Hall–Kier alpha value is -0.0800. The molecule has 4 nitrogen and oxygen atoms in total. The molecule has 1 rings (SSSR count). The Kier molecular flexibility index (Phi) is 7.53. The molecule has 0 saturated heterocycles. The highest BCUT2D eigenvalue weighted by molar-refractivity contribution is 7.99. The number of aryl methyl sites for hydroxylation is 1. The largest absolute Gasteiger partial charge is 0.312 e. The van der Waals surface area contributed by atoms with E-state index in [1.165, 1.54) is 0 Å². The van der Waals surface area contributed by atoms with Gasteiger partial charge in [-0.15, -0.1) is 11.3 Å². The van der Waals surface area contributed by atoms with Crippen molar-refractivity contribution in [3.8, 4) is 0 Å². The van der Waals surface area contributed by atoms with Gasteiger partial charge in [0.15, 0.2) is 0 Å². The lowest BCUT2D eigenvalue weighted by atomic mass is 10.4. The Morgan fingerprint density at radius 2 is 2.15 bits per heavy atom.